The van der Waals surface area contributed by atoms with Crippen molar-refractivity contribution >= 4 is 21.6 Å². The summed E-state index contributed by atoms with van der Waals surface area (Å²) < 4.78 is 35.5. The summed E-state index contributed by atoms with van der Waals surface area (Å²) in [5.74, 6) is 1.01. The van der Waals surface area contributed by atoms with E-state index in [0.29, 0.717) is 24.6 Å². The highest BCUT2D eigenvalue weighted by Gasteiger charge is 2.15. The standard InChI is InChI=1S/C20H26N2O5S/c1-15-7-5-6-8-19(15)26-14-13-21-20(23)16(2)27-18-11-9-17(10-12-18)22(3)28(4,24)25/h5-12,16H,13-14H2,1-4H3,(H,21,23). The van der Waals surface area contributed by atoms with Crippen LogP contribution in [0.4, 0.5) is 5.69 Å². The van der Waals surface area contributed by atoms with Crippen LogP contribution in [0.15, 0.2) is 48.5 Å². The number of hydrogen-bond donors (Lipinski definition) is 1. The number of hydrogen-bond acceptors (Lipinski definition) is 5. The SMILES string of the molecule is Cc1ccccc1OCCNC(=O)C(C)Oc1ccc(N(C)S(C)(=O)=O)cc1. The molecule has 1 atom stereocenters. The predicted molar refractivity (Wildman–Crippen MR) is 109 cm³/mol. The van der Waals surface area contributed by atoms with E-state index in [-0.39, 0.29) is 5.91 Å². The number of rotatable bonds is 9. The van der Waals surface area contributed by atoms with Crippen molar-refractivity contribution in [3.05, 3.63) is 54.1 Å². The summed E-state index contributed by atoms with van der Waals surface area (Å²) in [5.41, 5.74) is 1.55. The van der Waals surface area contributed by atoms with Gasteiger partial charge in [0.1, 0.15) is 18.1 Å². The molecule has 2 aromatic rings. The molecule has 7 nitrogen and oxygen atoms in total. The van der Waals surface area contributed by atoms with Crippen molar-refractivity contribution in [1.29, 1.82) is 0 Å². The molecule has 2 aromatic carbocycles. The number of carbonyl (C=O) groups is 1. The number of benzene rings is 2. The molecular formula is C20H26N2O5S. The van der Waals surface area contributed by atoms with Gasteiger partial charge in [-0.3, -0.25) is 9.10 Å². The lowest BCUT2D eigenvalue weighted by molar-refractivity contribution is -0.127. The van der Waals surface area contributed by atoms with Gasteiger partial charge in [-0.1, -0.05) is 18.2 Å². The summed E-state index contributed by atoms with van der Waals surface area (Å²) in [7, 11) is -1.85. The van der Waals surface area contributed by atoms with Crippen LogP contribution in [0.3, 0.4) is 0 Å². The summed E-state index contributed by atoms with van der Waals surface area (Å²) >= 11 is 0. The fourth-order valence-electron chi connectivity index (χ4n) is 2.38. The fraction of sp³-hybridized carbons (Fsp3) is 0.350. The molecule has 0 aliphatic carbocycles. The number of anilines is 1. The molecule has 0 aromatic heterocycles. The van der Waals surface area contributed by atoms with E-state index >= 15 is 0 Å². The molecule has 0 bridgehead atoms. The van der Waals surface area contributed by atoms with E-state index in [1.165, 1.54) is 11.4 Å². The van der Waals surface area contributed by atoms with Crippen LogP contribution in [0.2, 0.25) is 0 Å². The van der Waals surface area contributed by atoms with Gasteiger partial charge in [0.15, 0.2) is 6.10 Å². The van der Waals surface area contributed by atoms with Gasteiger partial charge in [-0.25, -0.2) is 8.42 Å². The smallest absolute Gasteiger partial charge is 0.260 e. The van der Waals surface area contributed by atoms with Gasteiger partial charge < -0.3 is 14.8 Å². The van der Waals surface area contributed by atoms with Crippen molar-refractivity contribution in [3.8, 4) is 11.5 Å². The molecule has 1 amide bonds. The lowest BCUT2D eigenvalue weighted by Crippen LogP contribution is -2.38. The number of carbonyl (C=O) groups excluding carboxylic acids is 1. The van der Waals surface area contributed by atoms with E-state index in [1.807, 2.05) is 31.2 Å². The molecular weight excluding hydrogens is 380 g/mol. The molecule has 0 radical (unpaired) electrons. The average Bonchev–Trinajstić information content (AvgIpc) is 2.65. The van der Waals surface area contributed by atoms with E-state index in [0.717, 1.165) is 17.6 Å². The fourth-order valence-corrected chi connectivity index (χ4v) is 2.89. The second-order valence-electron chi connectivity index (χ2n) is 6.39. The maximum absolute atomic E-state index is 12.2. The second kappa shape index (κ2) is 9.45. The third kappa shape index (κ3) is 6.16. The number of ether oxygens (including phenoxy) is 2. The summed E-state index contributed by atoms with van der Waals surface area (Å²) in [4.78, 5) is 12.2. The first-order chi connectivity index (χ1) is 13.2. The van der Waals surface area contributed by atoms with Crippen LogP contribution in [-0.4, -0.2) is 46.9 Å². The highest BCUT2D eigenvalue weighted by atomic mass is 32.2. The summed E-state index contributed by atoms with van der Waals surface area (Å²) in [6, 6.07) is 14.2. The van der Waals surface area contributed by atoms with Crippen molar-refractivity contribution in [2.24, 2.45) is 0 Å². The van der Waals surface area contributed by atoms with Crippen LogP contribution in [0, 0.1) is 6.92 Å². The van der Waals surface area contributed by atoms with Gasteiger partial charge in [0.25, 0.3) is 5.91 Å². The lowest BCUT2D eigenvalue weighted by Gasteiger charge is -2.18. The van der Waals surface area contributed by atoms with E-state index < -0.39 is 16.1 Å². The summed E-state index contributed by atoms with van der Waals surface area (Å²) in [5, 5.41) is 2.77. The largest absolute Gasteiger partial charge is 0.491 e. The Morgan fingerprint density at radius 2 is 1.79 bits per heavy atom. The molecule has 0 aliphatic heterocycles. The van der Waals surface area contributed by atoms with E-state index in [9.17, 15) is 13.2 Å². The predicted octanol–water partition coefficient (Wildman–Crippen LogP) is 2.35. The minimum absolute atomic E-state index is 0.259. The Kier molecular flexibility index (Phi) is 7.28. The normalized spacial score (nSPS) is 12.1. The molecule has 0 aliphatic rings. The monoisotopic (exact) mass is 406 g/mol. The number of amides is 1. The molecule has 0 fully saturated rings. The van der Waals surface area contributed by atoms with Crippen LogP contribution in [0.5, 0.6) is 11.5 Å². The highest BCUT2D eigenvalue weighted by Crippen LogP contribution is 2.21. The maximum Gasteiger partial charge on any atom is 0.260 e. The van der Waals surface area contributed by atoms with Gasteiger partial charge in [0.05, 0.1) is 18.5 Å². The first-order valence-electron chi connectivity index (χ1n) is 8.85. The molecule has 0 spiro atoms. The third-order valence-electron chi connectivity index (χ3n) is 4.13. The quantitative estimate of drug-likeness (QED) is 0.646. The van der Waals surface area contributed by atoms with Crippen molar-refractivity contribution < 1.29 is 22.7 Å². The van der Waals surface area contributed by atoms with Crippen molar-refractivity contribution in [1.82, 2.24) is 5.32 Å². The number of para-hydroxylation sites is 1. The summed E-state index contributed by atoms with van der Waals surface area (Å²) in [6.45, 7) is 4.33. The molecule has 8 heteroatoms. The first-order valence-corrected chi connectivity index (χ1v) is 10.7. The van der Waals surface area contributed by atoms with Gasteiger partial charge in [-0.2, -0.15) is 0 Å². The Morgan fingerprint density at radius 1 is 1.14 bits per heavy atom. The lowest BCUT2D eigenvalue weighted by atomic mass is 10.2. The minimum atomic E-state index is -3.32. The molecule has 0 saturated heterocycles. The Balaban J connectivity index is 1.79. The Morgan fingerprint density at radius 3 is 2.39 bits per heavy atom. The molecule has 1 unspecified atom stereocenters. The van der Waals surface area contributed by atoms with Crippen molar-refractivity contribution in [2.45, 2.75) is 20.0 Å². The zero-order valence-corrected chi connectivity index (χ0v) is 17.3. The first kappa shape index (κ1) is 21.6. The summed E-state index contributed by atoms with van der Waals surface area (Å²) in [6.07, 6.45) is 0.434. The van der Waals surface area contributed by atoms with Gasteiger partial charge in [0, 0.05) is 7.05 Å². The van der Waals surface area contributed by atoms with Gasteiger partial charge in [-0.15, -0.1) is 0 Å². The molecule has 28 heavy (non-hydrogen) atoms. The zero-order chi connectivity index (χ0) is 20.7. The Labute approximate surface area is 166 Å². The molecule has 0 saturated carbocycles. The maximum atomic E-state index is 12.2. The number of aryl methyl sites for hydroxylation is 1. The number of sulfonamides is 1. The van der Waals surface area contributed by atoms with E-state index in [4.69, 9.17) is 9.47 Å². The Hall–Kier alpha value is -2.74. The van der Waals surface area contributed by atoms with Crippen LogP contribution < -0.4 is 19.1 Å². The van der Waals surface area contributed by atoms with E-state index in [2.05, 4.69) is 5.32 Å². The third-order valence-corrected chi connectivity index (χ3v) is 5.34. The van der Waals surface area contributed by atoms with Crippen molar-refractivity contribution in [2.75, 3.05) is 30.8 Å². The molecule has 1 N–H and O–H groups in total. The zero-order valence-electron chi connectivity index (χ0n) is 16.5. The molecule has 152 valence electrons. The van der Waals surface area contributed by atoms with Crippen molar-refractivity contribution in [3.63, 3.8) is 0 Å². The average molecular weight is 407 g/mol. The highest BCUT2D eigenvalue weighted by molar-refractivity contribution is 7.92. The van der Waals surface area contributed by atoms with Crippen LogP contribution in [0.1, 0.15) is 12.5 Å². The second-order valence-corrected chi connectivity index (χ2v) is 8.40. The van der Waals surface area contributed by atoms with Gasteiger partial charge in [0.2, 0.25) is 10.0 Å². The van der Waals surface area contributed by atoms with Crippen LogP contribution >= 0.6 is 0 Å². The molecule has 0 heterocycles. The Bertz CT molecular complexity index is 897. The minimum Gasteiger partial charge on any atom is -0.491 e. The number of nitrogens with zero attached hydrogens (tertiary/aromatic N) is 1. The van der Waals surface area contributed by atoms with Crippen LogP contribution in [-0.2, 0) is 14.8 Å². The number of nitrogens with one attached hydrogen (secondary N) is 1. The van der Waals surface area contributed by atoms with E-state index in [1.54, 1.807) is 31.2 Å². The van der Waals surface area contributed by atoms with Gasteiger partial charge in [-0.05, 0) is 49.7 Å². The van der Waals surface area contributed by atoms with Crippen LogP contribution in [0.25, 0.3) is 0 Å². The topological polar surface area (TPSA) is 84.9 Å². The van der Waals surface area contributed by atoms with Gasteiger partial charge >= 0.3 is 0 Å². The molecule has 2 rings (SSSR count).